The van der Waals surface area contributed by atoms with Gasteiger partial charge in [-0.15, -0.1) is 0 Å². The number of hydrogen-bond acceptors (Lipinski definition) is 3. The Labute approximate surface area is 138 Å². The molecule has 0 bridgehead atoms. The lowest BCUT2D eigenvalue weighted by atomic mass is 10.1. The Morgan fingerprint density at radius 2 is 1.83 bits per heavy atom. The van der Waals surface area contributed by atoms with E-state index in [1.807, 2.05) is 29.2 Å². The number of nitrogens with zero attached hydrogens (tertiary/aromatic N) is 2. The molecule has 2 rings (SSSR count). The molecule has 1 atom stereocenters. The fraction of sp³-hybridized carbons (Fsp3) is 0.611. The molecule has 1 aromatic carbocycles. The van der Waals surface area contributed by atoms with Crippen molar-refractivity contribution in [2.45, 2.75) is 32.9 Å². The molecule has 1 amide bonds. The lowest BCUT2D eigenvalue weighted by molar-refractivity contribution is -0.132. The average molecular weight is 322 g/mol. The van der Waals surface area contributed by atoms with Crippen LogP contribution in [0.1, 0.15) is 38.4 Å². The number of anilines is 1. The van der Waals surface area contributed by atoms with Gasteiger partial charge in [0.05, 0.1) is 13.0 Å². The van der Waals surface area contributed by atoms with Crippen LogP contribution in [0.15, 0.2) is 24.3 Å². The van der Waals surface area contributed by atoms with Gasteiger partial charge in [-0.05, 0) is 31.0 Å². The van der Waals surface area contributed by atoms with E-state index in [-0.39, 0.29) is 5.91 Å². The Balaban J connectivity index is 1.78. The number of amides is 1. The van der Waals surface area contributed by atoms with Gasteiger partial charge in [0.15, 0.2) is 0 Å². The van der Waals surface area contributed by atoms with Gasteiger partial charge in [-0.25, -0.2) is 4.39 Å². The third-order valence-electron chi connectivity index (χ3n) is 4.16. The number of rotatable bonds is 7. The smallest absolute Gasteiger partial charge is 0.225 e. The first kappa shape index (κ1) is 17.7. The van der Waals surface area contributed by atoms with Crippen molar-refractivity contribution < 1.29 is 13.9 Å². The number of piperazine rings is 1. The lowest BCUT2D eigenvalue weighted by Gasteiger charge is -2.36. The summed E-state index contributed by atoms with van der Waals surface area (Å²) >= 11 is 0. The van der Waals surface area contributed by atoms with Crippen molar-refractivity contribution in [3.63, 3.8) is 0 Å². The summed E-state index contributed by atoms with van der Waals surface area (Å²) in [6.45, 7) is 7.91. The molecule has 0 spiro atoms. The van der Waals surface area contributed by atoms with Crippen molar-refractivity contribution in [1.29, 1.82) is 0 Å². The molecule has 1 aliphatic rings. The number of halogens is 1. The molecule has 0 aromatic heterocycles. The van der Waals surface area contributed by atoms with Crippen LogP contribution in [0.2, 0.25) is 0 Å². The fourth-order valence-corrected chi connectivity index (χ4v) is 2.73. The standard InChI is InChI=1S/C18H27FN2O2/c1-3-13-23-14-8-18(22)21-11-9-20(10-12-21)17-6-4-16(5-7-17)15(2)19/h4-7,15H,3,8-14H2,1-2H3. The minimum atomic E-state index is -0.937. The van der Waals surface area contributed by atoms with Crippen molar-refractivity contribution in [2.75, 3.05) is 44.3 Å². The molecular formula is C18H27FN2O2. The minimum absolute atomic E-state index is 0.169. The SMILES string of the molecule is CCCOCCC(=O)N1CCN(c2ccc(C(C)F)cc2)CC1. The van der Waals surface area contributed by atoms with E-state index in [0.29, 0.717) is 25.2 Å². The predicted octanol–water partition coefficient (Wildman–Crippen LogP) is 3.18. The zero-order valence-electron chi connectivity index (χ0n) is 14.1. The third-order valence-corrected chi connectivity index (χ3v) is 4.16. The quantitative estimate of drug-likeness (QED) is 0.723. The van der Waals surface area contributed by atoms with Gasteiger partial charge in [-0.1, -0.05) is 19.1 Å². The number of benzene rings is 1. The van der Waals surface area contributed by atoms with Gasteiger partial charge in [0, 0.05) is 38.5 Å². The van der Waals surface area contributed by atoms with E-state index in [0.717, 1.165) is 38.3 Å². The summed E-state index contributed by atoms with van der Waals surface area (Å²) in [4.78, 5) is 16.3. The van der Waals surface area contributed by atoms with Gasteiger partial charge >= 0.3 is 0 Å². The lowest BCUT2D eigenvalue weighted by Crippen LogP contribution is -2.49. The van der Waals surface area contributed by atoms with E-state index in [2.05, 4.69) is 11.8 Å². The molecule has 0 radical (unpaired) electrons. The van der Waals surface area contributed by atoms with Crippen LogP contribution < -0.4 is 4.90 Å². The van der Waals surface area contributed by atoms with E-state index < -0.39 is 6.17 Å². The number of hydrogen-bond donors (Lipinski definition) is 0. The maximum absolute atomic E-state index is 13.2. The second-order valence-corrected chi connectivity index (χ2v) is 5.94. The molecule has 1 aliphatic heterocycles. The molecule has 1 fully saturated rings. The summed E-state index contributed by atoms with van der Waals surface area (Å²) in [5.41, 5.74) is 1.79. The summed E-state index contributed by atoms with van der Waals surface area (Å²) in [5, 5.41) is 0. The second kappa shape index (κ2) is 8.87. The van der Waals surface area contributed by atoms with Gasteiger partial charge in [0.1, 0.15) is 6.17 Å². The summed E-state index contributed by atoms with van der Waals surface area (Å²) in [6.07, 6.45) is 0.504. The number of carbonyl (C=O) groups is 1. The van der Waals surface area contributed by atoms with Crippen LogP contribution in [0.4, 0.5) is 10.1 Å². The maximum atomic E-state index is 13.2. The van der Waals surface area contributed by atoms with Crippen LogP contribution in [0.5, 0.6) is 0 Å². The highest BCUT2D eigenvalue weighted by molar-refractivity contribution is 5.76. The van der Waals surface area contributed by atoms with Crippen LogP contribution in [-0.4, -0.2) is 50.2 Å². The molecule has 23 heavy (non-hydrogen) atoms. The first-order valence-corrected chi connectivity index (χ1v) is 8.46. The minimum Gasteiger partial charge on any atom is -0.381 e. The molecule has 0 aliphatic carbocycles. The van der Waals surface area contributed by atoms with E-state index in [4.69, 9.17) is 4.74 Å². The molecule has 1 heterocycles. The van der Waals surface area contributed by atoms with Gasteiger partial charge in [-0.3, -0.25) is 4.79 Å². The van der Waals surface area contributed by atoms with Gasteiger partial charge in [0.2, 0.25) is 5.91 Å². The van der Waals surface area contributed by atoms with Crippen LogP contribution in [0.25, 0.3) is 0 Å². The molecule has 5 heteroatoms. The van der Waals surface area contributed by atoms with E-state index in [1.54, 1.807) is 6.92 Å². The summed E-state index contributed by atoms with van der Waals surface area (Å²) in [6, 6.07) is 7.59. The van der Waals surface area contributed by atoms with Crippen molar-refractivity contribution in [3.8, 4) is 0 Å². The number of carbonyl (C=O) groups excluding carboxylic acids is 1. The maximum Gasteiger partial charge on any atom is 0.225 e. The van der Waals surface area contributed by atoms with Crippen molar-refractivity contribution in [1.82, 2.24) is 4.90 Å². The second-order valence-electron chi connectivity index (χ2n) is 5.94. The molecule has 1 unspecified atom stereocenters. The van der Waals surface area contributed by atoms with Crippen LogP contribution in [-0.2, 0) is 9.53 Å². The number of ether oxygens (including phenoxy) is 1. The zero-order chi connectivity index (χ0) is 16.7. The average Bonchev–Trinajstić information content (AvgIpc) is 2.59. The largest absolute Gasteiger partial charge is 0.381 e. The Morgan fingerprint density at radius 3 is 2.39 bits per heavy atom. The van der Waals surface area contributed by atoms with Gasteiger partial charge in [0.25, 0.3) is 0 Å². The Kier molecular flexibility index (Phi) is 6.84. The van der Waals surface area contributed by atoms with Gasteiger partial charge < -0.3 is 14.5 Å². The monoisotopic (exact) mass is 322 g/mol. The van der Waals surface area contributed by atoms with Crippen molar-refractivity contribution >= 4 is 11.6 Å². The topological polar surface area (TPSA) is 32.8 Å². The molecule has 1 saturated heterocycles. The fourth-order valence-electron chi connectivity index (χ4n) is 2.73. The molecule has 0 saturated carbocycles. The zero-order valence-corrected chi connectivity index (χ0v) is 14.1. The molecule has 128 valence electrons. The van der Waals surface area contributed by atoms with Crippen LogP contribution >= 0.6 is 0 Å². The first-order chi connectivity index (χ1) is 11.1. The Morgan fingerprint density at radius 1 is 1.17 bits per heavy atom. The van der Waals surface area contributed by atoms with Crippen LogP contribution in [0.3, 0.4) is 0 Å². The molecule has 4 nitrogen and oxygen atoms in total. The first-order valence-electron chi connectivity index (χ1n) is 8.46. The van der Waals surface area contributed by atoms with Crippen molar-refractivity contribution in [2.24, 2.45) is 0 Å². The third kappa shape index (κ3) is 5.20. The highest BCUT2D eigenvalue weighted by Crippen LogP contribution is 2.22. The molecule has 0 N–H and O–H groups in total. The summed E-state index contributed by atoms with van der Waals surface area (Å²) in [7, 11) is 0. The van der Waals surface area contributed by atoms with Crippen LogP contribution in [0, 0.1) is 0 Å². The van der Waals surface area contributed by atoms with E-state index in [9.17, 15) is 9.18 Å². The van der Waals surface area contributed by atoms with E-state index in [1.165, 1.54) is 0 Å². The van der Waals surface area contributed by atoms with E-state index >= 15 is 0 Å². The normalized spacial score (nSPS) is 16.5. The Bertz CT molecular complexity index is 482. The molecular weight excluding hydrogens is 295 g/mol. The Hall–Kier alpha value is -1.62. The highest BCUT2D eigenvalue weighted by atomic mass is 19.1. The molecule has 1 aromatic rings. The number of alkyl halides is 1. The highest BCUT2D eigenvalue weighted by Gasteiger charge is 2.21. The summed E-state index contributed by atoms with van der Waals surface area (Å²) in [5.74, 6) is 0.169. The van der Waals surface area contributed by atoms with Crippen molar-refractivity contribution in [3.05, 3.63) is 29.8 Å². The van der Waals surface area contributed by atoms with Gasteiger partial charge in [-0.2, -0.15) is 0 Å². The predicted molar refractivity (Wildman–Crippen MR) is 90.5 cm³/mol. The summed E-state index contributed by atoms with van der Waals surface area (Å²) < 4.78 is 18.6.